The van der Waals surface area contributed by atoms with Crippen LogP contribution in [0.25, 0.3) is 5.65 Å². The first-order valence-corrected chi connectivity index (χ1v) is 13.8. The van der Waals surface area contributed by atoms with E-state index in [0.717, 1.165) is 0 Å². The molecule has 2 aromatic heterocycles. The number of alkyl halides is 2. The van der Waals surface area contributed by atoms with Crippen LogP contribution in [0.2, 0.25) is 5.15 Å². The molecule has 16 heteroatoms. The quantitative estimate of drug-likeness (QED) is 0.390. The fraction of sp³-hybridized carbons (Fsp3) is 0.647. The number of methoxy groups -OCH3 is 1. The summed E-state index contributed by atoms with van der Waals surface area (Å²) in [4.78, 5) is 33.3. The van der Waals surface area contributed by atoms with E-state index < -0.39 is 39.7 Å². The highest BCUT2D eigenvalue weighted by Crippen LogP contribution is 2.55. The Morgan fingerprint density at radius 2 is 2.03 bits per heavy atom. The number of rotatable bonds is 10. The van der Waals surface area contributed by atoms with E-state index in [9.17, 15) is 22.8 Å². The normalized spacial score (nSPS) is 20.2. The van der Waals surface area contributed by atoms with Crippen LogP contribution in [0.3, 0.4) is 0 Å². The van der Waals surface area contributed by atoms with E-state index in [4.69, 9.17) is 30.6 Å². The first-order chi connectivity index (χ1) is 15.2. The SMILES string of the molecule is CO[C@H](COP(=O)(O)CP(=O)(O)O)CC(C)c1cnc2c(N3CCC(F)(F)C3)cc(Cl)nn12. The van der Waals surface area contributed by atoms with E-state index in [1.54, 1.807) is 6.20 Å². The predicted molar refractivity (Wildman–Crippen MR) is 116 cm³/mol. The van der Waals surface area contributed by atoms with Gasteiger partial charge in [0.05, 0.1) is 36.8 Å². The van der Waals surface area contributed by atoms with Crippen LogP contribution < -0.4 is 4.90 Å². The van der Waals surface area contributed by atoms with Crippen LogP contribution in [0.5, 0.6) is 0 Å². The summed E-state index contributed by atoms with van der Waals surface area (Å²) in [6, 6.07) is 1.49. The van der Waals surface area contributed by atoms with E-state index >= 15 is 0 Å². The average Bonchev–Trinajstić information content (AvgIpc) is 3.25. The summed E-state index contributed by atoms with van der Waals surface area (Å²) in [6.07, 6.45) is 0.846. The fourth-order valence-corrected chi connectivity index (χ4v) is 6.44. The molecular formula is C17H25ClF2N4O7P2. The minimum absolute atomic E-state index is 0.101. The lowest BCUT2D eigenvalue weighted by molar-refractivity contribution is 0.0257. The van der Waals surface area contributed by atoms with Crippen molar-refractivity contribution >= 4 is 38.1 Å². The second-order valence-electron chi connectivity index (χ2n) is 8.03. The molecule has 2 aromatic rings. The lowest BCUT2D eigenvalue weighted by Gasteiger charge is -2.22. The summed E-state index contributed by atoms with van der Waals surface area (Å²) in [5, 5.41) is 4.35. The molecular weight excluding hydrogens is 508 g/mol. The van der Waals surface area contributed by atoms with Gasteiger partial charge in [0.1, 0.15) is 0 Å². The molecule has 2 unspecified atom stereocenters. The van der Waals surface area contributed by atoms with E-state index in [-0.39, 0.29) is 37.1 Å². The van der Waals surface area contributed by atoms with E-state index in [1.165, 1.54) is 22.6 Å². The first-order valence-electron chi connectivity index (χ1n) is 9.90. The summed E-state index contributed by atoms with van der Waals surface area (Å²) in [5.74, 6) is -4.38. The van der Waals surface area contributed by atoms with Gasteiger partial charge in [-0.2, -0.15) is 5.10 Å². The number of hydrogen-bond acceptors (Lipinski definition) is 7. The van der Waals surface area contributed by atoms with Gasteiger partial charge in [-0.1, -0.05) is 18.5 Å². The minimum Gasteiger partial charge on any atom is -0.379 e. The molecule has 1 aliphatic rings. The lowest BCUT2D eigenvalue weighted by atomic mass is 10.0. The van der Waals surface area contributed by atoms with Gasteiger partial charge in [0, 0.05) is 32.1 Å². The maximum atomic E-state index is 13.7. The third-order valence-electron chi connectivity index (χ3n) is 5.23. The van der Waals surface area contributed by atoms with Crippen molar-refractivity contribution in [1.82, 2.24) is 14.6 Å². The van der Waals surface area contributed by atoms with Gasteiger partial charge in [0.2, 0.25) is 0 Å². The first kappa shape index (κ1) is 26.4. The summed E-state index contributed by atoms with van der Waals surface area (Å²) in [7, 11) is -7.89. The van der Waals surface area contributed by atoms with Crippen molar-refractivity contribution in [1.29, 1.82) is 0 Å². The number of nitrogens with zero attached hydrogens (tertiary/aromatic N) is 4. The van der Waals surface area contributed by atoms with Crippen LogP contribution >= 0.6 is 26.8 Å². The number of aromatic nitrogens is 3. The molecule has 33 heavy (non-hydrogen) atoms. The van der Waals surface area contributed by atoms with Crippen molar-refractivity contribution in [2.75, 3.05) is 37.6 Å². The smallest absolute Gasteiger partial charge is 0.340 e. The molecule has 186 valence electrons. The monoisotopic (exact) mass is 532 g/mol. The highest BCUT2D eigenvalue weighted by molar-refractivity contribution is 7.70. The second-order valence-corrected chi connectivity index (χ2v) is 12.4. The summed E-state index contributed by atoms with van der Waals surface area (Å²) in [6.45, 7) is 1.14. The second kappa shape index (κ2) is 9.83. The van der Waals surface area contributed by atoms with E-state index in [0.29, 0.717) is 17.0 Å². The van der Waals surface area contributed by atoms with Crippen LogP contribution in [0.15, 0.2) is 12.3 Å². The summed E-state index contributed by atoms with van der Waals surface area (Å²) in [5.41, 5.74) is 1.41. The van der Waals surface area contributed by atoms with Crippen LogP contribution in [0.4, 0.5) is 14.5 Å². The third-order valence-corrected chi connectivity index (χ3v) is 8.88. The summed E-state index contributed by atoms with van der Waals surface area (Å²) >= 11 is 6.15. The van der Waals surface area contributed by atoms with Crippen molar-refractivity contribution in [2.45, 2.75) is 37.7 Å². The van der Waals surface area contributed by atoms with Crippen molar-refractivity contribution in [2.24, 2.45) is 0 Å². The van der Waals surface area contributed by atoms with Crippen molar-refractivity contribution < 1.29 is 41.9 Å². The topological polar surface area (TPSA) is 147 Å². The van der Waals surface area contributed by atoms with Gasteiger partial charge >= 0.3 is 15.2 Å². The third kappa shape index (κ3) is 6.93. The molecule has 0 aromatic carbocycles. The molecule has 1 fully saturated rings. The number of hydrogen-bond donors (Lipinski definition) is 3. The molecule has 3 N–H and O–H groups in total. The van der Waals surface area contributed by atoms with Crippen LogP contribution in [0, 0.1) is 0 Å². The Bertz CT molecular complexity index is 1100. The highest BCUT2D eigenvalue weighted by Gasteiger charge is 2.39. The molecule has 3 rings (SSSR count). The summed E-state index contributed by atoms with van der Waals surface area (Å²) < 4.78 is 61.9. The van der Waals surface area contributed by atoms with Gasteiger partial charge in [0.15, 0.2) is 16.7 Å². The average molecular weight is 533 g/mol. The van der Waals surface area contributed by atoms with Gasteiger partial charge in [-0.3, -0.25) is 9.13 Å². The molecule has 3 atom stereocenters. The van der Waals surface area contributed by atoms with Gasteiger partial charge in [-0.15, -0.1) is 0 Å². The Labute approximate surface area is 193 Å². The fourth-order valence-electron chi connectivity index (χ4n) is 3.67. The Kier molecular flexibility index (Phi) is 7.87. The standard InChI is InChI=1S/C17H25ClF2N4O7P2/c1-11(5-12(30-2)8-31-33(28,29)10-32(25,26)27)14-7-21-16-13(6-15(18)22-24(14)16)23-4-3-17(19,20)9-23/h6-7,11-12H,3-5,8-10H2,1-2H3,(H,28,29)(H2,25,26,27)/t11?,12-/m0/s1. The van der Waals surface area contributed by atoms with Crippen molar-refractivity contribution in [3.8, 4) is 0 Å². The Morgan fingerprint density at radius 3 is 2.61 bits per heavy atom. The Morgan fingerprint density at radius 1 is 1.33 bits per heavy atom. The lowest BCUT2D eigenvalue weighted by Crippen LogP contribution is -2.25. The molecule has 0 bridgehead atoms. The van der Waals surface area contributed by atoms with Gasteiger partial charge < -0.3 is 28.8 Å². The molecule has 1 aliphatic heterocycles. The van der Waals surface area contributed by atoms with E-state index in [2.05, 4.69) is 10.1 Å². The zero-order valence-corrected chi connectivity index (χ0v) is 20.4. The number of fused-ring (bicyclic) bond motifs is 1. The largest absolute Gasteiger partial charge is 0.379 e. The van der Waals surface area contributed by atoms with E-state index in [1.807, 2.05) is 6.92 Å². The van der Waals surface area contributed by atoms with Crippen LogP contribution in [-0.2, 0) is 18.4 Å². The Balaban J connectivity index is 1.76. The van der Waals surface area contributed by atoms with Crippen molar-refractivity contribution in [3.05, 3.63) is 23.1 Å². The predicted octanol–water partition coefficient (Wildman–Crippen LogP) is 3.07. The zero-order valence-electron chi connectivity index (χ0n) is 17.8. The number of halogens is 3. The van der Waals surface area contributed by atoms with Crippen molar-refractivity contribution in [3.63, 3.8) is 0 Å². The van der Waals surface area contributed by atoms with Crippen LogP contribution in [-0.4, -0.2) is 74.0 Å². The number of imidazole rings is 1. The molecule has 0 radical (unpaired) electrons. The maximum absolute atomic E-state index is 13.7. The van der Waals surface area contributed by atoms with Crippen LogP contribution in [0.1, 0.15) is 31.4 Å². The van der Waals surface area contributed by atoms with Gasteiger partial charge in [-0.25, -0.2) is 18.3 Å². The molecule has 0 spiro atoms. The molecule has 1 saturated heterocycles. The molecule has 3 heterocycles. The molecule has 11 nitrogen and oxygen atoms in total. The molecule has 0 aliphatic carbocycles. The van der Waals surface area contributed by atoms with Gasteiger partial charge in [-0.05, 0) is 6.42 Å². The Hall–Kier alpha value is -1.17. The number of ether oxygens (including phenoxy) is 1. The van der Waals surface area contributed by atoms with Gasteiger partial charge in [0.25, 0.3) is 5.92 Å². The highest BCUT2D eigenvalue weighted by atomic mass is 35.5. The molecule has 0 saturated carbocycles. The maximum Gasteiger partial charge on any atom is 0.340 e. The number of anilines is 1. The minimum atomic E-state index is -4.74. The zero-order chi connectivity index (χ0) is 24.6. The molecule has 0 amide bonds.